The van der Waals surface area contributed by atoms with E-state index in [4.69, 9.17) is 16.3 Å². The van der Waals surface area contributed by atoms with Gasteiger partial charge in [0.25, 0.3) is 0 Å². The van der Waals surface area contributed by atoms with Gasteiger partial charge in [-0.15, -0.1) is 0 Å². The van der Waals surface area contributed by atoms with Gasteiger partial charge in [0.05, 0.1) is 18.7 Å². The lowest BCUT2D eigenvalue weighted by molar-refractivity contribution is -0.146. The molecule has 2 aromatic heterocycles. The molecule has 0 atom stereocenters. The number of benzene rings is 1. The van der Waals surface area contributed by atoms with Crippen LogP contribution in [0.15, 0.2) is 42.9 Å². The van der Waals surface area contributed by atoms with Crippen molar-refractivity contribution >= 4 is 17.6 Å². The molecule has 1 aromatic carbocycles. The van der Waals surface area contributed by atoms with Gasteiger partial charge in [-0.05, 0) is 43.9 Å². The zero-order chi connectivity index (χ0) is 19.5. The van der Waals surface area contributed by atoms with Crippen molar-refractivity contribution in [1.29, 1.82) is 0 Å². The van der Waals surface area contributed by atoms with E-state index in [0.29, 0.717) is 10.9 Å². The van der Waals surface area contributed by atoms with Crippen molar-refractivity contribution < 1.29 is 9.53 Å². The third kappa shape index (κ3) is 3.64. The third-order valence-corrected chi connectivity index (χ3v) is 5.67. The highest BCUT2D eigenvalue weighted by atomic mass is 35.5. The molecule has 1 fully saturated rings. The van der Waals surface area contributed by atoms with Crippen LogP contribution in [-0.2, 0) is 9.53 Å². The molecule has 0 aliphatic heterocycles. The molecular weight excluding hydrogens is 376 g/mol. The van der Waals surface area contributed by atoms with Crippen molar-refractivity contribution in [2.45, 2.75) is 31.6 Å². The quantitative estimate of drug-likeness (QED) is 0.650. The second-order valence-electron chi connectivity index (χ2n) is 7.03. The number of nitrogens with zero attached hydrogens (tertiary/aromatic N) is 3. The molecule has 1 aliphatic rings. The molecule has 1 N–H and O–H groups in total. The largest absolute Gasteiger partial charge is 0.469 e. The molecule has 0 saturated heterocycles. The van der Waals surface area contributed by atoms with Crippen LogP contribution in [0.3, 0.4) is 0 Å². The number of carbonyl (C=O) groups excluding carboxylic acids is 1. The lowest BCUT2D eigenvalue weighted by Gasteiger charge is -2.26. The van der Waals surface area contributed by atoms with Gasteiger partial charge in [0, 0.05) is 34.0 Å². The highest BCUT2D eigenvalue weighted by Gasteiger charge is 2.31. The van der Waals surface area contributed by atoms with Gasteiger partial charge in [-0.25, -0.2) is 9.97 Å². The summed E-state index contributed by atoms with van der Waals surface area (Å²) < 4.78 is 4.91. The predicted molar refractivity (Wildman–Crippen MR) is 107 cm³/mol. The highest BCUT2D eigenvalue weighted by Crippen LogP contribution is 2.42. The second kappa shape index (κ2) is 8.10. The van der Waals surface area contributed by atoms with Gasteiger partial charge in [0.2, 0.25) is 0 Å². The summed E-state index contributed by atoms with van der Waals surface area (Å²) in [6.07, 6.45) is 6.72. The Bertz CT molecular complexity index is 948. The van der Waals surface area contributed by atoms with E-state index in [-0.39, 0.29) is 11.9 Å². The summed E-state index contributed by atoms with van der Waals surface area (Å²) in [5, 5.41) is 8.56. The minimum atomic E-state index is -0.110. The fraction of sp³-hybridized carbons (Fsp3) is 0.333. The Labute approximate surface area is 168 Å². The van der Waals surface area contributed by atoms with Crippen LogP contribution in [-0.4, -0.2) is 33.2 Å². The number of carbonyl (C=O) groups is 1. The number of hydrogen-bond donors (Lipinski definition) is 1. The molecule has 3 aromatic rings. The van der Waals surface area contributed by atoms with Gasteiger partial charge in [0.1, 0.15) is 12.0 Å². The van der Waals surface area contributed by atoms with E-state index in [1.807, 2.05) is 30.3 Å². The summed E-state index contributed by atoms with van der Waals surface area (Å²) >= 11 is 6.05. The van der Waals surface area contributed by atoms with E-state index in [1.165, 1.54) is 7.11 Å². The Morgan fingerprint density at radius 1 is 1.14 bits per heavy atom. The number of halogens is 1. The second-order valence-corrected chi connectivity index (χ2v) is 7.47. The Kier molecular flexibility index (Phi) is 5.39. The van der Waals surface area contributed by atoms with Crippen LogP contribution in [0.2, 0.25) is 5.02 Å². The van der Waals surface area contributed by atoms with E-state index in [2.05, 4.69) is 20.2 Å². The first-order valence-electron chi connectivity index (χ1n) is 9.35. The van der Waals surface area contributed by atoms with Crippen molar-refractivity contribution in [2.24, 2.45) is 5.92 Å². The number of ether oxygens (including phenoxy) is 1. The zero-order valence-electron chi connectivity index (χ0n) is 15.6. The predicted octanol–water partition coefficient (Wildman–Crippen LogP) is 4.63. The van der Waals surface area contributed by atoms with Crippen molar-refractivity contribution in [3.63, 3.8) is 0 Å². The maximum atomic E-state index is 11.8. The minimum absolute atomic E-state index is 0.0117. The van der Waals surface area contributed by atoms with E-state index in [9.17, 15) is 4.79 Å². The maximum absolute atomic E-state index is 11.8. The first-order chi connectivity index (χ1) is 13.7. The van der Waals surface area contributed by atoms with E-state index in [0.717, 1.165) is 53.9 Å². The van der Waals surface area contributed by atoms with Crippen LogP contribution in [0.25, 0.3) is 22.5 Å². The lowest BCUT2D eigenvalue weighted by Crippen LogP contribution is -2.22. The summed E-state index contributed by atoms with van der Waals surface area (Å²) in [4.78, 5) is 20.4. The monoisotopic (exact) mass is 396 g/mol. The highest BCUT2D eigenvalue weighted by molar-refractivity contribution is 6.30. The average Bonchev–Trinajstić information content (AvgIpc) is 3.19. The Balaban J connectivity index is 1.70. The molecule has 1 saturated carbocycles. The summed E-state index contributed by atoms with van der Waals surface area (Å²) in [5.74, 6) is 0.169. The molecule has 0 amide bonds. The first kappa shape index (κ1) is 18.6. The Hall–Kier alpha value is -2.73. The molecule has 4 rings (SSSR count). The SMILES string of the molecule is COC(=O)C1CCC(c2[nH]nc(-c3ccc(Cl)cc3)c2-c2ccncn2)CC1. The lowest BCUT2D eigenvalue weighted by atomic mass is 9.79. The number of nitrogens with one attached hydrogen (secondary N) is 1. The van der Waals surface area contributed by atoms with Crippen LogP contribution < -0.4 is 0 Å². The van der Waals surface area contributed by atoms with Crippen LogP contribution in [0.1, 0.15) is 37.3 Å². The molecule has 1 aliphatic carbocycles. The number of hydrogen-bond acceptors (Lipinski definition) is 5. The summed E-state index contributed by atoms with van der Waals surface area (Å²) in [5.41, 5.74) is 4.71. The summed E-state index contributed by atoms with van der Waals surface area (Å²) in [6.45, 7) is 0. The van der Waals surface area contributed by atoms with Crippen LogP contribution in [0.5, 0.6) is 0 Å². The number of esters is 1. The molecule has 144 valence electrons. The number of H-pyrrole nitrogens is 1. The molecule has 28 heavy (non-hydrogen) atoms. The van der Waals surface area contributed by atoms with Gasteiger partial charge in [-0.1, -0.05) is 23.7 Å². The Morgan fingerprint density at radius 2 is 1.89 bits per heavy atom. The minimum Gasteiger partial charge on any atom is -0.469 e. The number of methoxy groups -OCH3 is 1. The fourth-order valence-corrected chi connectivity index (χ4v) is 4.08. The average molecular weight is 397 g/mol. The normalized spacial score (nSPS) is 19.4. The molecule has 0 unspecified atom stereocenters. The van der Waals surface area contributed by atoms with Crippen LogP contribution >= 0.6 is 11.6 Å². The first-order valence-corrected chi connectivity index (χ1v) is 9.73. The smallest absolute Gasteiger partial charge is 0.308 e. The third-order valence-electron chi connectivity index (χ3n) is 5.42. The van der Waals surface area contributed by atoms with Crippen molar-refractivity contribution in [2.75, 3.05) is 7.11 Å². The van der Waals surface area contributed by atoms with Crippen LogP contribution in [0.4, 0.5) is 0 Å². The van der Waals surface area contributed by atoms with Gasteiger partial charge >= 0.3 is 5.97 Å². The summed E-state index contributed by atoms with van der Waals surface area (Å²) in [7, 11) is 1.45. The van der Waals surface area contributed by atoms with E-state index >= 15 is 0 Å². The van der Waals surface area contributed by atoms with Gasteiger partial charge in [-0.2, -0.15) is 5.10 Å². The van der Waals surface area contributed by atoms with Gasteiger partial charge in [0.15, 0.2) is 0 Å². The van der Waals surface area contributed by atoms with Gasteiger partial charge in [-0.3, -0.25) is 9.89 Å². The van der Waals surface area contributed by atoms with E-state index in [1.54, 1.807) is 12.5 Å². The molecule has 0 spiro atoms. The number of aromatic amines is 1. The van der Waals surface area contributed by atoms with Crippen molar-refractivity contribution in [1.82, 2.24) is 20.2 Å². The summed E-state index contributed by atoms with van der Waals surface area (Å²) in [6, 6.07) is 9.53. The molecule has 7 heteroatoms. The van der Waals surface area contributed by atoms with Gasteiger partial charge < -0.3 is 4.74 Å². The Morgan fingerprint density at radius 3 is 2.54 bits per heavy atom. The molecule has 2 heterocycles. The molecular formula is C21H21ClN4O2. The van der Waals surface area contributed by atoms with Crippen LogP contribution in [0, 0.1) is 5.92 Å². The van der Waals surface area contributed by atoms with Crippen molar-refractivity contribution in [3.8, 4) is 22.5 Å². The fourth-order valence-electron chi connectivity index (χ4n) is 3.95. The zero-order valence-corrected chi connectivity index (χ0v) is 16.3. The number of aromatic nitrogens is 4. The molecule has 0 bridgehead atoms. The topological polar surface area (TPSA) is 80.8 Å². The maximum Gasteiger partial charge on any atom is 0.308 e. The van der Waals surface area contributed by atoms with E-state index < -0.39 is 0 Å². The molecule has 0 radical (unpaired) electrons. The number of rotatable bonds is 4. The molecule has 6 nitrogen and oxygen atoms in total. The van der Waals surface area contributed by atoms with Crippen molar-refractivity contribution in [3.05, 3.63) is 53.6 Å². The standard InChI is InChI=1S/C21H21ClN4O2/c1-28-21(27)15-4-2-13(3-5-15)19-18(17-10-11-23-12-24-17)20(26-25-19)14-6-8-16(22)9-7-14/h6-13,15H,2-5H2,1H3,(H,25,26).